The van der Waals surface area contributed by atoms with Crippen LogP contribution >= 0.6 is 0 Å². The Morgan fingerprint density at radius 1 is 1.07 bits per heavy atom. The van der Waals surface area contributed by atoms with Crippen molar-refractivity contribution >= 4 is 5.78 Å². The maximum absolute atomic E-state index is 12.4. The van der Waals surface area contributed by atoms with Crippen LogP contribution in [-0.2, 0) is 0 Å². The second kappa shape index (κ2) is 9.52. The first-order valence-electron chi connectivity index (χ1n) is 10.3. The minimum absolute atomic E-state index is 0.211. The Balaban J connectivity index is 1.22. The third-order valence-corrected chi connectivity index (χ3v) is 5.63. The molecule has 1 saturated heterocycles. The Morgan fingerprint density at radius 2 is 1.83 bits per heavy atom. The quantitative estimate of drug-likeness (QED) is 0.579. The number of hydrogen-bond donors (Lipinski definition) is 1. The van der Waals surface area contributed by atoms with Crippen molar-refractivity contribution in [3.05, 3.63) is 72.7 Å². The van der Waals surface area contributed by atoms with Crippen LogP contribution < -0.4 is 4.74 Å². The predicted octanol–water partition coefficient (Wildman–Crippen LogP) is 4.44. The van der Waals surface area contributed by atoms with Crippen molar-refractivity contribution in [2.24, 2.45) is 5.92 Å². The fourth-order valence-corrected chi connectivity index (χ4v) is 3.91. The standard InChI is InChI=1S/C24H27N3O2/c28-23(20-6-2-1-3-7-20)17-27-13-10-19(11-14-27)12-15-29-24-9-5-4-8-21(24)22-16-25-18-26-22/h1-9,16,18-19H,10-15,17H2,(H,25,26). The number of likely N-dealkylation sites (tertiary alicyclic amines) is 1. The topological polar surface area (TPSA) is 58.2 Å². The van der Waals surface area contributed by atoms with E-state index in [1.54, 1.807) is 6.33 Å². The average molecular weight is 389 g/mol. The number of benzene rings is 2. The summed E-state index contributed by atoms with van der Waals surface area (Å²) in [4.78, 5) is 21.9. The van der Waals surface area contributed by atoms with Crippen LogP contribution in [0.5, 0.6) is 5.75 Å². The van der Waals surface area contributed by atoms with Crippen molar-refractivity contribution in [3.63, 3.8) is 0 Å². The van der Waals surface area contributed by atoms with E-state index in [9.17, 15) is 4.79 Å². The number of ether oxygens (including phenoxy) is 1. The molecule has 2 heterocycles. The van der Waals surface area contributed by atoms with Crippen LogP contribution in [-0.4, -0.2) is 46.9 Å². The summed E-state index contributed by atoms with van der Waals surface area (Å²) in [6, 6.07) is 17.6. The number of para-hydroxylation sites is 1. The number of piperidine rings is 1. The van der Waals surface area contributed by atoms with Crippen LogP contribution in [0, 0.1) is 5.92 Å². The second-order valence-electron chi connectivity index (χ2n) is 7.61. The van der Waals surface area contributed by atoms with Gasteiger partial charge in [-0.25, -0.2) is 4.98 Å². The van der Waals surface area contributed by atoms with E-state index in [-0.39, 0.29) is 5.78 Å². The van der Waals surface area contributed by atoms with Gasteiger partial charge in [-0.2, -0.15) is 0 Å². The molecule has 0 aliphatic carbocycles. The summed E-state index contributed by atoms with van der Waals surface area (Å²) < 4.78 is 6.10. The zero-order chi connectivity index (χ0) is 19.9. The van der Waals surface area contributed by atoms with Crippen LogP contribution in [0.3, 0.4) is 0 Å². The lowest BCUT2D eigenvalue weighted by Gasteiger charge is -2.31. The summed E-state index contributed by atoms with van der Waals surface area (Å²) in [6.07, 6.45) is 6.77. The van der Waals surface area contributed by atoms with Gasteiger partial charge in [0.05, 0.1) is 31.4 Å². The summed E-state index contributed by atoms with van der Waals surface area (Å²) in [5.74, 6) is 1.75. The maximum atomic E-state index is 12.4. The normalized spacial score (nSPS) is 15.3. The molecular formula is C24H27N3O2. The van der Waals surface area contributed by atoms with E-state index < -0.39 is 0 Å². The number of ketones is 1. The third kappa shape index (κ3) is 5.12. The number of aromatic amines is 1. The molecule has 5 nitrogen and oxygen atoms in total. The van der Waals surface area contributed by atoms with Gasteiger partial charge in [-0.05, 0) is 50.4 Å². The molecule has 1 aliphatic heterocycles. The molecule has 0 saturated carbocycles. The molecule has 0 spiro atoms. The molecule has 5 heteroatoms. The van der Waals surface area contributed by atoms with Gasteiger partial charge in [-0.15, -0.1) is 0 Å². The van der Waals surface area contributed by atoms with E-state index in [0.29, 0.717) is 19.1 Å². The van der Waals surface area contributed by atoms with Gasteiger partial charge in [-0.3, -0.25) is 9.69 Å². The van der Waals surface area contributed by atoms with E-state index in [0.717, 1.165) is 54.9 Å². The molecule has 1 N–H and O–H groups in total. The lowest BCUT2D eigenvalue weighted by atomic mass is 9.93. The molecule has 1 aliphatic rings. The molecule has 0 atom stereocenters. The van der Waals surface area contributed by atoms with Gasteiger partial charge in [0.15, 0.2) is 5.78 Å². The highest BCUT2D eigenvalue weighted by molar-refractivity contribution is 5.97. The Kier molecular flexibility index (Phi) is 6.37. The Bertz CT molecular complexity index is 901. The molecule has 4 rings (SSSR count). The molecule has 0 radical (unpaired) electrons. The van der Waals surface area contributed by atoms with Crippen molar-refractivity contribution in [1.82, 2.24) is 14.9 Å². The lowest BCUT2D eigenvalue weighted by molar-refractivity contribution is 0.0887. The Labute approximate surface area is 171 Å². The van der Waals surface area contributed by atoms with Crippen LogP contribution in [0.1, 0.15) is 29.6 Å². The monoisotopic (exact) mass is 389 g/mol. The number of hydrogen-bond acceptors (Lipinski definition) is 4. The van der Waals surface area contributed by atoms with Crippen molar-refractivity contribution in [2.45, 2.75) is 19.3 Å². The second-order valence-corrected chi connectivity index (χ2v) is 7.61. The number of carbonyl (C=O) groups is 1. The van der Waals surface area contributed by atoms with Gasteiger partial charge in [0.2, 0.25) is 0 Å². The van der Waals surface area contributed by atoms with Gasteiger partial charge in [-0.1, -0.05) is 42.5 Å². The number of nitrogens with one attached hydrogen (secondary N) is 1. The fraction of sp³-hybridized carbons (Fsp3) is 0.333. The first-order valence-corrected chi connectivity index (χ1v) is 10.3. The highest BCUT2D eigenvalue weighted by Crippen LogP contribution is 2.29. The molecule has 3 aromatic rings. The van der Waals surface area contributed by atoms with E-state index in [2.05, 4.69) is 14.9 Å². The molecule has 29 heavy (non-hydrogen) atoms. The van der Waals surface area contributed by atoms with Gasteiger partial charge in [0, 0.05) is 11.1 Å². The maximum Gasteiger partial charge on any atom is 0.176 e. The number of imidazole rings is 1. The Morgan fingerprint density at radius 3 is 2.59 bits per heavy atom. The predicted molar refractivity (Wildman–Crippen MR) is 114 cm³/mol. The highest BCUT2D eigenvalue weighted by Gasteiger charge is 2.21. The van der Waals surface area contributed by atoms with Crippen LogP contribution in [0.2, 0.25) is 0 Å². The summed E-state index contributed by atoms with van der Waals surface area (Å²) in [6.45, 7) is 3.19. The van der Waals surface area contributed by atoms with Gasteiger partial charge < -0.3 is 9.72 Å². The Hall–Kier alpha value is -2.92. The van der Waals surface area contributed by atoms with Crippen molar-refractivity contribution in [3.8, 4) is 17.0 Å². The number of carbonyl (C=O) groups excluding carboxylic acids is 1. The first-order chi connectivity index (χ1) is 14.3. The zero-order valence-corrected chi connectivity index (χ0v) is 16.6. The van der Waals surface area contributed by atoms with Crippen molar-refractivity contribution < 1.29 is 9.53 Å². The van der Waals surface area contributed by atoms with E-state index in [1.807, 2.05) is 60.8 Å². The molecule has 2 aromatic carbocycles. The van der Waals surface area contributed by atoms with Crippen molar-refractivity contribution in [1.29, 1.82) is 0 Å². The minimum atomic E-state index is 0.211. The SMILES string of the molecule is O=C(CN1CCC(CCOc2ccccc2-c2cnc[nH]2)CC1)c1ccccc1. The molecule has 0 amide bonds. The van der Waals surface area contributed by atoms with E-state index >= 15 is 0 Å². The van der Waals surface area contributed by atoms with E-state index in [1.165, 1.54) is 0 Å². The number of nitrogens with zero attached hydrogens (tertiary/aromatic N) is 2. The van der Waals surface area contributed by atoms with Crippen LogP contribution in [0.15, 0.2) is 67.1 Å². The average Bonchev–Trinajstić information content (AvgIpc) is 3.31. The summed E-state index contributed by atoms with van der Waals surface area (Å²) in [5, 5.41) is 0. The molecule has 1 fully saturated rings. The summed E-state index contributed by atoms with van der Waals surface area (Å²) >= 11 is 0. The minimum Gasteiger partial charge on any atom is -0.493 e. The first kappa shape index (κ1) is 19.4. The molecular weight excluding hydrogens is 362 g/mol. The number of rotatable bonds is 8. The van der Waals surface area contributed by atoms with Crippen molar-refractivity contribution in [2.75, 3.05) is 26.2 Å². The van der Waals surface area contributed by atoms with Gasteiger partial charge in [0.25, 0.3) is 0 Å². The van der Waals surface area contributed by atoms with E-state index in [4.69, 9.17) is 4.74 Å². The fourth-order valence-electron chi connectivity index (χ4n) is 3.91. The number of H-pyrrole nitrogens is 1. The molecule has 0 bridgehead atoms. The van der Waals surface area contributed by atoms with Crippen LogP contribution in [0.25, 0.3) is 11.3 Å². The van der Waals surface area contributed by atoms with Crippen LogP contribution in [0.4, 0.5) is 0 Å². The zero-order valence-electron chi connectivity index (χ0n) is 16.6. The molecule has 150 valence electrons. The lowest BCUT2D eigenvalue weighted by Crippen LogP contribution is -2.37. The number of aromatic nitrogens is 2. The smallest absolute Gasteiger partial charge is 0.176 e. The van der Waals surface area contributed by atoms with Gasteiger partial charge >= 0.3 is 0 Å². The summed E-state index contributed by atoms with van der Waals surface area (Å²) in [7, 11) is 0. The highest BCUT2D eigenvalue weighted by atomic mass is 16.5. The third-order valence-electron chi connectivity index (χ3n) is 5.63. The number of Topliss-reactive ketones (excluding diaryl/α,β-unsaturated/α-hetero) is 1. The summed E-state index contributed by atoms with van der Waals surface area (Å²) in [5.41, 5.74) is 2.81. The van der Waals surface area contributed by atoms with Gasteiger partial charge in [0.1, 0.15) is 5.75 Å². The molecule has 1 aromatic heterocycles. The molecule has 0 unspecified atom stereocenters. The largest absolute Gasteiger partial charge is 0.493 e.